The Morgan fingerprint density at radius 2 is 1.85 bits per heavy atom. The molecule has 0 saturated carbocycles. The molecular formula is C14H13N5O. The number of hydrogen-bond acceptors (Lipinski definition) is 3. The third-order valence-corrected chi connectivity index (χ3v) is 2.87. The maximum absolute atomic E-state index is 11.9. The molecule has 0 radical (unpaired) electrons. The summed E-state index contributed by atoms with van der Waals surface area (Å²) >= 11 is 0. The molecule has 0 aliphatic carbocycles. The number of anilines is 1. The fourth-order valence-corrected chi connectivity index (χ4v) is 1.84. The number of fused-ring (bicyclic) bond motifs is 1. The number of urea groups is 1. The van der Waals surface area contributed by atoms with Crippen LogP contribution in [0.15, 0.2) is 48.5 Å². The van der Waals surface area contributed by atoms with Crippen LogP contribution in [0.2, 0.25) is 0 Å². The highest BCUT2D eigenvalue weighted by atomic mass is 16.2. The third kappa shape index (κ3) is 2.44. The number of aromatic nitrogens is 3. The van der Waals surface area contributed by atoms with Crippen molar-refractivity contribution in [3.05, 3.63) is 54.1 Å². The Hall–Kier alpha value is -2.89. The van der Waals surface area contributed by atoms with E-state index >= 15 is 0 Å². The lowest BCUT2D eigenvalue weighted by Gasteiger charge is -2.07. The fourth-order valence-electron chi connectivity index (χ4n) is 1.84. The number of benzene rings is 2. The van der Waals surface area contributed by atoms with E-state index in [0.29, 0.717) is 0 Å². The Morgan fingerprint density at radius 3 is 2.65 bits per heavy atom. The first kappa shape index (κ1) is 12.2. The van der Waals surface area contributed by atoms with Gasteiger partial charge in [-0.3, -0.25) is 0 Å². The molecular weight excluding hydrogens is 254 g/mol. The lowest BCUT2D eigenvalue weighted by molar-refractivity contribution is 0.259. The van der Waals surface area contributed by atoms with E-state index in [9.17, 15) is 4.79 Å². The maximum atomic E-state index is 11.9. The van der Waals surface area contributed by atoms with Crippen molar-refractivity contribution in [2.24, 2.45) is 0 Å². The van der Waals surface area contributed by atoms with Gasteiger partial charge in [0.25, 0.3) is 0 Å². The van der Waals surface area contributed by atoms with E-state index in [1.54, 1.807) is 0 Å². The summed E-state index contributed by atoms with van der Waals surface area (Å²) in [5.74, 6) is 0. The van der Waals surface area contributed by atoms with Gasteiger partial charge >= 0.3 is 6.03 Å². The van der Waals surface area contributed by atoms with Crippen LogP contribution in [0.25, 0.3) is 11.0 Å². The van der Waals surface area contributed by atoms with E-state index in [1.807, 2.05) is 55.5 Å². The summed E-state index contributed by atoms with van der Waals surface area (Å²) in [4.78, 5) is 13.2. The Morgan fingerprint density at radius 1 is 1.10 bits per heavy atom. The first-order valence-electron chi connectivity index (χ1n) is 6.17. The summed E-state index contributed by atoms with van der Waals surface area (Å²) in [5, 5.41) is 10.6. The second-order valence-corrected chi connectivity index (χ2v) is 4.42. The molecule has 1 aromatic heterocycles. The van der Waals surface area contributed by atoms with E-state index in [2.05, 4.69) is 21.1 Å². The summed E-state index contributed by atoms with van der Waals surface area (Å²) in [6.45, 7) is 1.99. The van der Waals surface area contributed by atoms with Crippen molar-refractivity contribution in [3.63, 3.8) is 0 Å². The summed E-state index contributed by atoms with van der Waals surface area (Å²) in [6.07, 6.45) is 0. The molecule has 2 aromatic carbocycles. The number of carbonyl (C=O) groups excluding carboxylic acids is 1. The molecule has 3 rings (SSSR count). The van der Waals surface area contributed by atoms with Gasteiger partial charge in [-0.25, -0.2) is 10.2 Å². The summed E-state index contributed by atoms with van der Waals surface area (Å²) < 4.78 is 0. The molecule has 0 aliphatic heterocycles. The molecule has 6 heteroatoms. The number of nitrogens with zero attached hydrogens (tertiary/aromatic N) is 3. The number of para-hydroxylation sites is 1. The average Bonchev–Trinajstić information content (AvgIpc) is 2.85. The first-order valence-corrected chi connectivity index (χ1v) is 6.17. The van der Waals surface area contributed by atoms with Gasteiger partial charge in [0.05, 0.1) is 0 Å². The molecule has 3 aromatic rings. The van der Waals surface area contributed by atoms with Gasteiger partial charge in [-0.05, 0) is 36.4 Å². The Labute approximate surface area is 115 Å². The highest BCUT2D eigenvalue weighted by molar-refractivity contribution is 5.95. The van der Waals surface area contributed by atoms with Crippen LogP contribution < -0.4 is 10.7 Å². The number of carbonyl (C=O) groups is 1. The van der Waals surface area contributed by atoms with Crippen LogP contribution in [0.4, 0.5) is 10.5 Å². The summed E-state index contributed by atoms with van der Waals surface area (Å²) in [6, 6.07) is 14.6. The molecule has 20 heavy (non-hydrogen) atoms. The molecule has 0 saturated heterocycles. The quantitative estimate of drug-likeness (QED) is 0.749. The second kappa shape index (κ2) is 5.00. The van der Waals surface area contributed by atoms with Gasteiger partial charge < -0.3 is 5.32 Å². The highest BCUT2D eigenvalue weighted by Gasteiger charge is 2.07. The molecule has 100 valence electrons. The van der Waals surface area contributed by atoms with Gasteiger partial charge in [-0.1, -0.05) is 29.8 Å². The van der Waals surface area contributed by atoms with E-state index in [1.165, 1.54) is 4.79 Å². The molecule has 1 heterocycles. The zero-order valence-electron chi connectivity index (χ0n) is 10.9. The maximum Gasteiger partial charge on any atom is 0.339 e. The molecule has 0 fully saturated rings. The van der Waals surface area contributed by atoms with Crippen LogP contribution in [-0.2, 0) is 0 Å². The molecule has 0 aliphatic rings. The number of rotatable bonds is 2. The molecule has 2 N–H and O–H groups in total. The van der Waals surface area contributed by atoms with Gasteiger partial charge in [0, 0.05) is 5.69 Å². The highest BCUT2D eigenvalue weighted by Crippen LogP contribution is 2.10. The smallest absolute Gasteiger partial charge is 0.307 e. The normalized spacial score (nSPS) is 10.4. The third-order valence-electron chi connectivity index (χ3n) is 2.87. The minimum absolute atomic E-state index is 0.371. The average molecular weight is 267 g/mol. The number of nitrogens with one attached hydrogen (secondary N) is 2. The second-order valence-electron chi connectivity index (χ2n) is 4.42. The lowest BCUT2D eigenvalue weighted by atomic mass is 10.2. The van der Waals surface area contributed by atoms with Crippen molar-refractivity contribution in [1.29, 1.82) is 0 Å². The van der Waals surface area contributed by atoms with Crippen LogP contribution >= 0.6 is 0 Å². The van der Waals surface area contributed by atoms with E-state index in [4.69, 9.17) is 0 Å². The first-order chi connectivity index (χ1) is 9.72. The van der Waals surface area contributed by atoms with Gasteiger partial charge in [0.15, 0.2) is 0 Å². The van der Waals surface area contributed by atoms with Crippen molar-refractivity contribution in [1.82, 2.24) is 15.1 Å². The minimum Gasteiger partial charge on any atom is -0.307 e. The summed E-state index contributed by atoms with van der Waals surface area (Å²) in [5.41, 5.74) is 5.95. The van der Waals surface area contributed by atoms with Gasteiger partial charge in [-0.15, -0.1) is 9.89 Å². The summed E-state index contributed by atoms with van der Waals surface area (Å²) in [7, 11) is 0. The van der Waals surface area contributed by atoms with Crippen molar-refractivity contribution < 1.29 is 4.79 Å². The standard InChI is InChI=1S/C14H13N5O/c1-10-6-8-11(9-7-10)15-14(20)17-19-13-5-3-2-4-12(13)16-18-19/h2-9H,1H3,(H2,15,17,20). The largest absolute Gasteiger partial charge is 0.339 e. The monoisotopic (exact) mass is 267 g/mol. The fraction of sp³-hybridized carbons (Fsp3) is 0.0714. The Kier molecular flexibility index (Phi) is 3.04. The molecule has 2 amide bonds. The van der Waals surface area contributed by atoms with Crippen molar-refractivity contribution in [2.75, 3.05) is 10.7 Å². The predicted octanol–water partition coefficient (Wildman–Crippen LogP) is 2.52. The van der Waals surface area contributed by atoms with Crippen molar-refractivity contribution >= 4 is 22.8 Å². The molecule has 0 bridgehead atoms. The lowest BCUT2D eigenvalue weighted by Crippen LogP contribution is -2.28. The van der Waals surface area contributed by atoms with Crippen LogP contribution in [0, 0.1) is 6.92 Å². The minimum atomic E-state index is -0.371. The van der Waals surface area contributed by atoms with Gasteiger partial charge in [0.2, 0.25) is 0 Å². The van der Waals surface area contributed by atoms with Crippen LogP contribution in [0.5, 0.6) is 0 Å². The van der Waals surface area contributed by atoms with E-state index in [0.717, 1.165) is 22.3 Å². The SMILES string of the molecule is Cc1ccc(NC(=O)Nn2nnc3ccccc32)cc1. The molecule has 0 spiro atoms. The number of hydrogen-bond donors (Lipinski definition) is 2. The Balaban J connectivity index is 1.74. The van der Waals surface area contributed by atoms with Gasteiger partial charge in [-0.2, -0.15) is 0 Å². The zero-order chi connectivity index (χ0) is 13.9. The molecule has 0 unspecified atom stereocenters. The van der Waals surface area contributed by atoms with Crippen molar-refractivity contribution in [2.45, 2.75) is 6.92 Å². The predicted molar refractivity (Wildman–Crippen MR) is 77.1 cm³/mol. The van der Waals surface area contributed by atoms with Crippen LogP contribution in [0.3, 0.4) is 0 Å². The van der Waals surface area contributed by atoms with Gasteiger partial charge in [0.1, 0.15) is 11.0 Å². The van der Waals surface area contributed by atoms with Crippen molar-refractivity contribution in [3.8, 4) is 0 Å². The Bertz CT molecular complexity index is 748. The van der Waals surface area contributed by atoms with E-state index in [-0.39, 0.29) is 6.03 Å². The van der Waals surface area contributed by atoms with Crippen LogP contribution in [0.1, 0.15) is 5.56 Å². The van der Waals surface area contributed by atoms with Crippen LogP contribution in [-0.4, -0.2) is 21.1 Å². The number of amides is 2. The number of aryl methyl sites for hydroxylation is 1. The topological polar surface area (TPSA) is 71.8 Å². The molecule has 6 nitrogen and oxygen atoms in total. The zero-order valence-corrected chi connectivity index (χ0v) is 10.9. The molecule has 0 atom stereocenters. The van der Waals surface area contributed by atoms with E-state index < -0.39 is 0 Å².